The van der Waals surface area contributed by atoms with E-state index in [2.05, 4.69) is 66.3 Å². The van der Waals surface area contributed by atoms with Crippen LogP contribution in [-0.2, 0) is 4.74 Å². The molecule has 2 unspecified atom stereocenters. The highest BCUT2D eigenvalue weighted by atomic mass is 79.9. The summed E-state index contributed by atoms with van der Waals surface area (Å²) in [6.07, 6.45) is 5.01. The molecule has 2 nitrogen and oxygen atoms in total. The first-order chi connectivity index (χ1) is 9.89. The molecule has 1 aromatic rings. The Morgan fingerprint density at radius 2 is 1.90 bits per heavy atom. The van der Waals surface area contributed by atoms with Crippen LogP contribution in [0.5, 0.6) is 0 Å². The van der Waals surface area contributed by atoms with Gasteiger partial charge in [-0.1, -0.05) is 41.9 Å². The number of nitrogens with one attached hydrogen (secondary N) is 1. The molecule has 3 rings (SSSR count). The van der Waals surface area contributed by atoms with E-state index in [9.17, 15) is 0 Å². The first kappa shape index (κ1) is 15.5. The number of rotatable bonds is 1. The van der Waals surface area contributed by atoms with Gasteiger partial charge in [-0.3, -0.25) is 0 Å². The van der Waals surface area contributed by atoms with Gasteiger partial charge in [-0.05, 0) is 55.7 Å². The summed E-state index contributed by atoms with van der Waals surface area (Å²) in [6.45, 7) is 7.98. The van der Waals surface area contributed by atoms with Gasteiger partial charge in [0.25, 0.3) is 0 Å². The molecular weight excluding hydrogens is 326 g/mol. The third-order valence-corrected chi connectivity index (χ3v) is 5.76. The zero-order chi connectivity index (χ0) is 15.1. The SMILES string of the molecule is CC1NCC2(CCC(C)(C)CC2)OC1c1cccc(Br)c1. The van der Waals surface area contributed by atoms with Crippen LogP contribution in [0, 0.1) is 5.41 Å². The average Bonchev–Trinajstić information content (AvgIpc) is 2.45. The van der Waals surface area contributed by atoms with Crippen molar-refractivity contribution in [3.05, 3.63) is 34.3 Å². The molecular formula is C18H26BrNO. The molecule has 3 heteroatoms. The van der Waals surface area contributed by atoms with Crippen molar-refractivity contribution in [2.45, 2.75) is 64.2 Å². The van der Waals surface area contributed by atoms with Gasteiger partial charge in [-0.25, -0.2) is 0 Å². The Bertz CT molecular complexity index is 504. The van der Waals surface area contributed by atoms with Gasteiger partial charge in [0.15, 0.2) is 0 Å². The zero-order valence-corrected chi connectivity index (χ0v) is 14.9. The van der Waals surface area contributed by atoms with Crippen molar-refractivity contribution in [1.82, 2.24) is 5.32 Å². The number of hydrogen-bond donors (Lipinski definition) is 1. The molecule has 2 fully saturated rings. The summed E-state index contributed by atoms with van der Waals surface area (Å²) in [5.74, 6) is 0. The van der Waals surface area contributed by atoms with E-state index < -0.39 is 0 Å². The van der Waals surface area contributed by atoms with Crippen molar-refractivity contribution in [3.63, 3.8) is 0 Å². The average molecular weight is 352 g/mol. The van der Waals surface area contributed by atoms with E-state index in [1.54, 1.807) is 0 Å². The molecule has 0 amide bonds. The van der Waals surface area contributed by atoms with E-state index in [1.807, 2.05) is 0 Å². The Labute approximate surface area is 136 Å². The Morgan fingerprint density at radius 1 is 1.19 bits per heavy atom. The monoisotopic (exact) mass is 351 g/mol. The van der Waals surface area contributed by atoms with E-state index in [0.717, 1.165) is 11.0 Å². The van der Waals surface area contributed by atoms with Gasteiger partial charge in [0, 0.05) is 17.1 Å². The summed E-state index contributed by atoms with van der Waals surface area (Å²) in [5, 5.41) is 3.70. The van der Waals surface area contributed by atoms with Crippen LogP contribution in [0.3, 0.4) is 0 Å². The molecule has 0 bridgehead atoms. The normalized spacial score (nSPS) is 31.2. The molecule has 1 aliphatic heterocycles. The van der Waals surface area contributed by atoms with E-state index in [-0.39, 0.29) is 11.7 Å². The maximum absolute atomic E-state index is 6.68. The van der Waals surface area contributed by atoms with Crippen LogP contribution in [-0.4, -0.2) is 18.2 Å². The highest BCUT2D eigenvalue weighted by Crippen LogP contribution is 2.45. The van der Waals surface area contributed by atoms with Crippen molar-refractivity contribution in [1.29, 1.82) is 0 Å². The Hall–Kier alpha value is -0.380. The Morgan fingerprint density at radius 3 is 2.57 bits per heavy atom. The highest BCUT2D eigenvalue weighted by Gasteiger charge is 2.44. The molecule has 1 N–H and O–H groups in total. The lowest BCUT2D eigenvalue weighted by Gasteiger charge is -2.50. The molecule has 2 aliphatic rings. The third kappa shape index (κ3) is 3.35. The van der Waals surface area contributed by atoms with Gasteiger partial charge in [-0.15, -0.1) is 0 Å². The van der Waals surface area contributed by atoms with Gasteiger partial charge >= 0.3 is 0 Å². The highest BCUT2D eigenvalue weighted by molar-refractivity contribution is 9.10. The standard InChI is InChI=1S/C18H26BrNO/c1-13-16(14-5-4-6-15(19)11-14)21-18(12-20-13)9-7-17(2,3)8-10-18/h4-6,11,13,16,20H,7-10,12H2,1-3H3. The minimum atomic E-state index is 0.0367. The van der Waals surface area contributed by atoms with Crippen LogP contribution in [0.15, 0.2) is 28.7 Å². The molecule has 1 heterocycles. The largest absolute Gasteiger partial charge is 0.364 e. The fourth-order valence-corrected chi connectivity index (χ4v) is 4.00. The molecule has 1 aromatic carbocycles. The second-order valence-electron chi connectivity index (χ2n) is 7.61. The summed E-state index contributed by atoms with van der Waals surface area (Å²) < 4.78 is 7.80. The first-order valence-electron chi connectivity index (χ1n) is 8.06. The summed E-state index contributed by atoms with van der Waals surface area (Å²) in [4.78, 5) is 0. The minimum absolute atomic E-state index is 0.0367. The van der Waals surface area contributed by atoms with Crippen molar-refractivity contribution in [2.75, 3.05) is 6.54 Å². The van der Waals surface area contributed by atoms with Gasteiger partial charge in [0.1, 0.15) is 0 Å². The van der Waals surface area contributed by atoms with Crippen molar-refractivity contribution in [2.24, 2.45) is 5.41 Å². The fourth-order valence-electron chi connectivity index (χ4n) is 3.58. The topological polar surface area (TPSA) is 21.3 Å². The van der Waals surface area contributed by atoms with Crippen LogP contribution >= 0.6 is 15.9 Å². The van der Waals surface area contributed by atoms with Crippen LogP contribution in [0.2, 0.25) is 0 Å². The van der Waals surface area contributed by atoms with E-state index >= 15 is 0 Å². The molecule has 116 valence electrons. The van der Waals surface area contributed by atoms with E-state index in [0.29, 0.717) is 11.5 Å². The third-order valence-electron chi connectivity index (χ3n) is 5.27. The molecule has 1 saturated heterocycles. The number of halogens is 1. The molecule has 21 heavy (non-hydrogen) atoms. The zero-order valence-electron chi connectivity index (χ0n) is 13.3. The molecule has 1 aliphatic carbocycles. The van der Waals surface area contributed by atoms with Gasteiger partial charge in [-0.2, -0.15) is 0 Å². The van der Waals surface area contributed by atoms with Crippen LogP contribution < -0.4 is 5.32 Å². The van der Waals surface area contributed by atoms with Gasteiger partial charge in [0.2, 0.25) is 0 Å². The lowest BCUT2D eigenvalue weighted by Crippen LogP contribution is -2.56. The Balaban J connectivity index is 1.79. The fraction of sp³-hybridized carbons (Fsp3) is 0.667. The van der Waals surface area contributed by atoms with Crippen molar-refractivity contribution in [3.8, 4) is 0 Å². The molecule has 1 saturated carbocycles. The predicted molar refractivity (Wildman–Crippen MR) is 90.4 cm³/mol. The Kier molecular flexibility index (Phi) is 4.19. The summed E-state index contributed by atoms with van der Waals surface area (Å²) in [7, 11) is 0. The van der Waals surface area contributed by atoms with Crippen LogP contribution in [0.1, 0.15) is 58.1 Å². The predicted octanol–water partition coefficient (Wildman–Crippen LogP) is 4.84. The maximum atomic E-state index is 6.68. The van der Waals surface area contributed by atoms with E-state index in [4.69, 9.17) is 4.74 Å². The number of morpholine rings is 1. The van der Waals surface area contributed by atoms with Crippen LogP contribution in [0.25, 0.3) is 0 Å². The van der Waals surface area contributed by atoms with Crippen LogP contribution in [0.4, 0.5) is 0 Å². The first-order valence-corrected chi connectivity index (χ1v) is 8.85. The molecule has 2 atom stereocenters. The summed E-state index contributed by atoms with van der Waals surface area (Å²) in [5.41, 5.74) is 1.78. The van der Waals surface area contributed by atoms with Gasteiger partial charge in [0.05, 0.1) is 11.7 Å². The lowest BCUT2D eigenvalue weighted by atomic mass is 9.70. The van der Waals surface area contributed by atoms with Crippen molar-refractivity contribution >= 4 is 15.9 Å². The lowest BCUT2D eigenvalue weighted by molar-refractivity contribution is -0.161. The minimum Gasteiger partial charge on any atom is -0.364 e. The summed E-state index contributed by atoms with van der Waals surface area (Å²) in [6, 6.07) is 8.90. The quantitative estimate of drug-likeness (QED) is 0.781. The molecule has 0 radical (unpaired) electrons. The smallest absolute Gasteiger partial charge is 0.0983 e. The summed E-state index contributed by atoms with van der Waals surface area (Å²) >= 11 is 3.58. The van der Waals surface area contributed by atoms with E-state index in [1.165, 1.54) is 31.2 Å². The number of hydrogen-bond acceptors (Lipinski definition) is 2. The molecule has 1 spiro atoms. The molecule has 0 aromatic heterocycles. The van der Waals surface area contributed by atoms with Gasteiger partial charge < -0.3 is 10.1 Å². The second kappa shape index (κ2) is 5.68. The second-order valence-corrected chi connectivity index (χ2v) is 8.53. The number of ether oxygens (including phenoxy) is 1. The maximum Gasteiger partial charge on any atom is 0.0983 e. The number of benzene rings is 1. The van der Waals surface area contributed by atoms with Crippen molar-refractivity contribution < 1.29 is 4.74 Å².